The molecule has 6 nitrogen and oxygen atoms in total. The second-order valence-electron chi connectivity index (χ2n) is 3.13. The largest absolute Gasteiger partial charge is 0.362 e. The van der Waals surface area contributed by atoms with E-state index in [0.29, 0.717) is 16.8 Å². The highest BCUT2D eigenvalue weighted by Gasteiger charge is 2.06. The summed E-state index contributed by atoms with van der Waals surface area (Å²) in [7, 11) is 3.45. The van der Waals surface area contributed by atoms with Crippen LogP contribution in [0.25, 0.3) is 0 Å². The van der Waals surface area contributed by atoms with Crippen molar-refractivity contribution in [2.24, 2.45) is 0 Å². The molecule has 0 radical (unpaired) electrons. The average molecular weight is 263 g/mol. The number of hydrogen-bond acceptors (Lipinski definition) is 6. The van der Waals surface area contributed by atoms with Crippen LogP contribution in [-0.4, -0.2) is 28.9 Å². The summed E-state index contributed by atoms with van der Waals surface area (Å²) in [6, 6.07) is 0. The summed E-state index contributed by atoms with van der Waals surface area (Å²) in [4.78, 5) is 16.3. The van der Waals surface area contributed by atoms with Crippen molar-refractivity contribution in [2.45, 2.75) is 6.54 Å². The monoisotopic (exact) mass is 262 g/mol. The second-order valence-corrected chi connectivity index (χ2v) is 4.82. The van der Waals surface area contributed by atoms with E-state index in [1.807, 2.05) is 0 Å². The third kappa shape index (κ3) is 4.03. The zero-order valence-electron chi connectivity index (χ0n) is 8.81. The van der Waals surface area contributed by atoms with E-state index in [1.54, 1.807) is 25.2 Å². The van der Waals surface area contributed by atoms with Crippen LogP contribution in [0.2, 0.25) is 4.47 Å². The van der Waals surface area contributed by atoms with E-state index in [2.05, 4.69) is 10.3 Å². The van der Waals surface area contributed by atoms with Crippen LogP contribution in [0, 0.1) is 10.1 Å². The first-order valence-corrected chi connectivity index (χ1v) is 5.55. The lowest BCUT2D eigenvalue weighted by Crippen LogP contribution is -2.25. The van der Waals surface area contributed by atoms with Gasteiger partial charge in [0.15, 0.2) is 10.3 Å². The Morgan fingerprint density at radius 1 is 1.81 bits per heavy atom. The number of rotatable bonds is 5. The molecule has 0 saturated heterocycles. The molecule has 0 saturated carbocycles. The van der Waals surface area contributed by atoms with E-state index in [4.69, 9.17) is 11.6 Å². The Kier molecular flexibility index (Phi) is 4.51. The number of nitro groups is 1. The molecule has 1 N–H and O–H groups in total. The van der Waals surface area contributed by atoms with Crippen molar-refractivity contribution >= 4 is 22.9 Å². The Balaban J connectivity index is 2.60. The molecule has 1 aromatic rings. The van der Waals surface area contributed by atoms with Crippen molar-refractivity contribution in [3.8, 4) is 0 Å². The normalized spacial score (nSPS) is 11.3. The van der Waals surface area contributed by atoms with Crippen LogP contribution < -0.4 is 5.32 Å². The molecule has 0 aliphatic rings. The van der Waals surface area contributed by atoms with Gasteiger partial charge in [-0.25, -0.2) is 4.98 Å². The van der Waals surface area contributed by atoms with Crippen LogP contribution in [-0.2, 0) is 6.54 Å². The maximum absolute atomic E-state index is 10.4. The molecule has 1 rings (SSSR count). The quantitative estimate of drug-likeness (QED) is 0.644. The molecule has 0 aromatic carbocycles. The number of aromatic nitrogens is 1. The van der Waals surface area contributed by atoms with Crippen molar-refractivity contribution in [1.29, 1.82) is 0 Å². The number of hydrogen-bond donors (Lipinski definition) is 1. The summed E-state index contributed by atoms with van der Waals surface area (Å²) in [6.45, 7) is 0.461. The smallest absolute Gasteiger partial charge is 0.274 e. The highest BCUT2D eigenvalue weighted by atomic mass is 35.5. The van der Waals surface area contributed by atoms with Gasteiger partial charge in [-0.05, 0) is 0 Å². The van der Waals surface area contributed by atoms with Crippen molar-refractivity contribution < 1.29 is 4.92 Å². The molecule has 88 valence electrons. The summed E-state index contributed by atoms with van der Waals surface area (Å²) in [5.41, 5.74) is 0. The molecule has 0 bridgehead atoms. The molecule has 0 unspecified atom stereocenters. The first kappa shape index (κ1) is 12.7. The van der Waals surface area contributed by atoms with E-state index < -0.39 is 4.92 Å². The van der Waals surface area contributed by atoms with E-state index in [1.165, 1.54) is 11.3 Å². The predicted molar refractivity (Wildman–Crippen MR) is 62.7 cm³/mol. The summed E-state index contributed by atoms with van der Waals surface area (Å²) >= 11 is 7.01. The van der Waals surface area contributed by atoms with Gasteiger partial charge in [-0.3, -0.25) is 10.1 Å². The van der Waals surface area contributed by atoms with Crippen molar-refractivity contribution in [2.75, 3.05) is 14.1 Å². The minimum absolute atomic E-state index is 0.425. The second kappa shape index (κ2) is 5.66. The van der Waals surface area contributed by atoms with Gasteiger partial charge in [0, 0.05) is 25.2 Å². The van der Waals surface area contributed by atoms with Crippen LogP contribution in [0.4, 0.5) is 0 Å². The fraction of sp³-hybridized carbons (Fsp3) is 0.375. The van der Waals surface area contributed by atoms with Crippen LogP contribution in [0.15, 0.2) is 18.2 Å². The third-order valence-corrected chi connectivity index (χ3v) is 2.79. The predicted octanol–water partition coefficient (Wildman–Crippen LogP) is 1.52. The van der Waals surface area contributed by atoms with Gasteiger partial charge in [0.2, 0.25) is 0 Å². The Hall–Kier alpha value is -1.34. The number of halogens is 1. The van der Waals surface area contributed by atoms with Crippen LogP contribution >= 0.6 is 22.9 Å². The maximum atomic E-state index is 10.4. The molecule has 16 heavy (non-hydrogen) atoms. The highest BCUT2D eigenvalue weighted by molar-refractivity contribution is 7.15. The van der Waals surface area contributed by atoms with Crippen molar-refractivity contribution in [3.63, 3.8) is 0 Å². The van der Waals surface area contributed by atoms with E-state index in [-0.39, 0.29) is 0 Å². The topological polar surface area (TPSA) is 71.3 Å². The van der Waals surface area contributed by atoms with Crippen molar-refractivity contribution in [3.05, 3.63) is 37.7 Å². The summed E-state index contributed by atoms with van der Waals surface area (Å²) in [6.07, 6.45) is 2.56. The Morgan fingerprint density at radius 2 is 2.50 bits per heavy atom. The molecule has 0 atom stereocenters. The van der Waals surface area contributed by atoms with Gasteiger partial charge in [0.25, 0.3) is 6.20 Å². The summed E-state index contributed by atoms with van der Waals surface area (Å²) in [5.74, 6) is 0.425. The van der Waals surface area contributed by atoms with Crippen LogP contribution in [0.1, 0.15) is 4.88 Å². The molecule has 8 heteroatoms. The van der Waals surface area contributed by atoms with Gasteiger partial charge in [0.05, 0.1) is 11.5 Å². The lowest BCUT2D eigenvalue weighted by atomic mass is 10.5. The SMILES string of the molecule is CN(C)C(=C[N+](=O)[O-])NCc1cnc(Cl)s1. The Morgan fingerprint density at radius 3 is 2.94 bits per heavy atom. The van der Waals surface area contributed by atoms with E-state index >= 15 is 0 Å². The van der Waals surface area contributed by atoms with Gasteiger partial charge >= 0.3 is 0 Å². The van der Waals surface area contributed by atoms with E-state index in [0.717, 1.165) is 11.1 Å². The average Bonchev–Trinajstić information content (AvgIpc) is 2.58. The van der Waals surface area contributed by atoms with Gasteiger partial charge in [-0.1, -0.05) is 11.6 Å². The zero-order chi connectivity index (χ0) is 12.1. The summed E-state index contributed by atoms with van der Waals surface area (Å²) < 4.78 is 0.460. The van der Waals surface area contributed by atoms with Crippen LogP contribution in [0.3, 0.4) is 0 Å². The number of nitrogens with one attached hydrogen (secondary N) is 1. The fourth-order valence-corrected chi connectivity index (χ4v) is 1.88. The Bertz CT molecular complexity index is 404. The van der Waals surface area contributed by atoms with Gasteiger partial charge in [0.1, 0.15) is 0 Å². The molecule has 0 aliphatic carbocycles. The number of thiazole rings is 1. The van der Waals surface area contributed by atoms with E-state index in [9.17, 15) is 10.1 Å². The minimum Gasteiger partial charge on any atom is -0.362 e. The molecule has 0 spiro atoms. The molecule has 1 aromatic heterocycles. The van der Waals surface area contributed by atoms with Crippen LogP contribution in [0.5, 0.6) is 0 Å². The molecule has 0 amide bonds. The minimum atomic E-state index is -0.498. The number of nitrogens with zero attached hydrogens (tertiary/aromatic N) is 3. The molecule has 1 heterocycles. The molecular formula is C8H11ClN4O2S. The van der Waals surface area contributed by atoms with Gasteiger partial charge in [-0.2, -0.15) is 0 Å². The lowest BCUT2D eigenvalue weighted by Gasteiger charge is -2.15. The molecule has 0 fully saturated rings. The molecule has 0 aliphatic heterocycles. The van der Waals surface area contributed by atoms with Gasteiger partial charge < -0.3 is 10.2 Å². The third-order valence-electron chi connectivity index (χ3n) is 1.68. The first-order valence-electron chi connectivity index (χ1n) is 4.35. The lowest BCUT2D eigenvalue weighted by molar-refractivity contribution is -0.404. The standard InChI is InChI=1S/C8H11ClN4O2S/c1-12(2)7(5-13(14)15)10-3-6-4-11-8(9)16-6/h4-5,10H,3H2,1-2H3. The highest BCUT2D eigenvalue weighted by Crippen LogP contribution is 2.17. The van der Waals surface area contributed by atoms with Crippen molar-refractivity contribution in [1.82, 2.24) is 15.2 Å². The zero-order valence-corrected chi connectivity index (χ0v) is 10.4. The Labute approximate surface area is 102 Å². The molecular weight excluding hydrogens is 252 g/mol. The van der Waals surface area contributed by atoms with Gasteiger partial charge in [-0.15, -0.1) is 11.3 Å². The summed E-state index contributed by atoms with van der Waals surface area (Å²) in [5, 5.41) is 13.3. The fourth-order valence-electron chi connectivity index (χ4n) is 0.962. The first-order chi connectivity index (χ1) is 7.49. The maximum Gasteiger partial charge on any atom is 0.274 e.